The Balaban J connectivity index is 1.48. The molecule has 0 aliphatic carbocycles. The molecule has 0 saturated carbocycles. The van der Waals surface area contributed by atoms with E-state index < -0.39 is 10.0 Å². The van der Waals surface area contributed by atoms with Crippen molar-refractivity contribution < 1.29 is 17.9 Å². The molecule has 3 aromatic rings. The molecule has 3 aromatic carbocycles. The van der Waals surface area contributed by atoms with Gasteiger partial charge in [0.05, 0.1) is 18.0 Å². The number of carbonyl (C=O) groups excluding carboxylic acids is 1. The van der Waals surface area contributed by atoms with Gasteiger partial charge in [-0.2, -0.15) is 4.31 Å². The standard InChI is InChI=1S/C29H35N3O4S/c1-3-36-28-15-14-27(20-24(28)2)37(34,35)32(22-26-12-8-5-9-13-26)23-29(33)31-18-16-30(17-19-31)21-25-10-6-4-7-11-25/h4-15,20H,3,16-19,21-23H2,1-2H3. The summed E-state index contributed by atoms with van der Waals surface area (Å²) in [5.41, 5.74) is 2.81. The van der Waals surface area contributed by atoms with E-state index >= 15 is 0 Å². The van der Waals surface area contributed by atoms with Gasteiger partial charge in [-0.25, -0.2) is 8.42 Å². The van der Waals surface area contributed by atoms with Crippen LogP contribution in [-0.2, 0) is 27.9 Å². The zero-order valence-electron chi connectivity index (χ0n) is 21.5. The second-order valence-corrected chi connectivity index (χ2v) is 11.2. The van der Waals surface area contributed by atoms with E-state index in [0.717, 1.165) is 30.8 Å². The lowest BCUT2D eigenvalue weighted by atomic mass is 10.2. The molecule has 0 bridgehead atoms. The van der Waals surface area contributed by atoms with E-state index in [9.17, 15) is 13.2 Å². The van der Waals surface area contributed by atoms with Gasteiger partial charge < -0.3 is 9.64 Å². The number of aryl methyl sites for hydroxylation is 1. The Hall–Kier alpha value is -3.20. The average Bonchev–Trinajstić information content (AvgIpc) is 2.91. The number of ether oxygens (including phenoxy) is 1. The Morgan fingerprint density at radius 1 is 0.892 bits per heavy atom. The minimum atomic E-state index is -3.92. The van der Waals surface area contributed by atoms with Gasteiger partial charge in [0.25, 0.3) is 0 Å². The van der Waals surface area contributed by atoms with E-state index in [4.69, 9.17) is 4.74 Å². The summed E-state index contributed by atoms with van der Waals surface area (Å²) in [5, 5.41) is 0. The van der Waals surface area contributed by atoms with Crippen LogP contribution in [0.1, 0.15) is 23.6 Å². The van der Waals surface area contributed by atoms with Gasteiger partial charge in [0.15, 0.2) is 0 Å². The molecule has 8 heteroatoms. The second kappa shape index (κ2) is 12.4. The van der Waals surface area contributed by atoms with Crippen LogP contribution < -0.4 is 4.74 Å². The van der Waals surface area contributed by atoms with Gasteiger partial charge in [-0.15, -0.1) is 0 Å². The predicted octanol–water partition coefficient (Wildman–Crippen LogP) is 3.93. The maximum absolute atomic E-state index is 13.7. The summed E-state index contributed by atoms with van der Waals surface area (Å²) in [6, 6.07) is 24.5. The lowest BCUT2D eigenvalue weighted by Gasteiger charge is -2.35. The zero-order valence-corrected chi connectivity index (χ0v) is 22.4. The van der Waals surface area contributed by atoms with E-state index in [0.29, 0.717) is 25.4 Å². The molecule has 1 fully saturated rings. The van der Waals surface area contributed by atoms with Crippen molar-refractivity contribution in [3.05, 3.63) is 95.6 Å². The molecule has 0 N–H and O–H groups in total. The summed E-state index contributed by atoms with van der Waals surface area (Å²) in [6.07, 6.45) is 0. The van der Waals surface area contributed by atoms with E-state index in [1.165, 1.54) is 9.87 Å². The molecule has 0 radical (unpaired) electrons. The Bertz CT molecular complexity index is 1280. The largest absolute Gasteiger partial charge is 0.494 e. The maximum Gasteiger partial charge on any atom is 0.243 e. The third kappa shape index (κ3) is 6.97. The van der Waals surface area contributed by atoms with Crippen molar-refractivity contribution in [1.29, 1.82) is 0 Å². The Morgan fingerprint density at radius 3 is 2.11 bits per heavy atom. The van der Waals surface area contributed by atoms with Crippen LogP contribution in [-0.4, -0.2) is 67.8 Å². The van der Waals surface area contributed by atoms with Crippen LogP contribution in [0.15, 0.2) is 83.8 Å². The zero-order chi connectivity index (χ0) is 26.3. The van der Waals surface area contributed by atoms with Gasteiger partial charge in [-0.1, -0.05) is 60.7 Å². The quantitative estimate of drug-likeness (QED) is 0.404. The summed E-state index contributed by atoms with van der Waals surface area (Å²) in [4.78, 5) is 17.6. The lowest BCUT2D eigenvalue weighted by molar-refractivity contribution is -0.133. The first-order chi connectivity index (χ1) is 17.9. The number of benzene rings is 3. The molecule has 1 heterocycles. The summed E-state index contributed by atoms with van der Waals surface area (Å²) < 4.78 is 34.3. The van der Waals surface area contributed by atoms with E-state index in [1.54, 1.807) is 23.1 Å². The van der Waals surface area contributed by atoms with E-state index in [2.05, 4.69) is 17.0 Å². The average molecular weight is 522 g/mol. The fourth-order valence-electron chi connectivity index (χ4n) is 4.51. The van der Waals surface area contributed by atoms with Crippen molar-refractivity contribution in [3.63, 3.8) is 0 Å². The highest BCUT2D eigenvalue weighted by atomic mass is 32.2. The van der Waals surface area contributed by atoms with Crippen LogP contribution in [0.4, 0.5) is 0 Å². The number of hydrogen-bond acceptors (Lipinski definition) is 5. The molecular formula is C29H35N3O4S. The van der Waals surface area contributed by atoms with Crippen LogP contribution in [0.5, 0.6) is 5.75 Å². The third-order valence-electron chi connectivity index (χ3n) is 6.57. The van der Waals surface area contributed by atoms with Crippen LogP contribution >= 0.6 is 0 Å². The van der Waals surface area contributed by atoms with Gasteiger partial charge in [0.1, 0.15) is 5.75 Å². The second-order valence-electron chi connectivity index (χ2n) is 9.26. The summed E-state index contributed by atoms with van der Waals surface area (Å²) in [6.45, 7) is 7.63. The first-order valence-corrected chi connectivity index (χ1v) is 14.1. The first kappa shape index (κ1) is 26.9. The van der Waals surface area contributed by atoms with Crippen LogP contribution in [0.25, 0.3) is 0 Å². The predicted molar refractivity (Wildman–Crippen MR) is 145 cm³/mol. The van der Waals surface area contributed by atoms with Crippen molar-refractivity contribution in [1.82, 2.24) is 14.1 Å². The highest BCUT2D eigenvalue weighted by Crippen LogP contribution is 2.25. The molecule has 4 rings (SSSR count). The first-order valence-electron chi connectivity index (χ1n) is 12.7. The Morgan fingerprint density at radius 2 is 1.51 bits per heavy atom. The number of hydrogen-bond donors (Lipinski definition) is 0. The Labute approximate surface area is 220 Å². The lowest BCUT2D eigenvalue weighted by Crippen LogP contribution is -2.51. The highest BCUT2D eigenvalue weighted by Gasteiger charge is 2.30. The van der Waals surface area contributed by atoms with Crippen molar-refractivity contribution in [2.75, 3.05) is 39.3 Å². The molecule has 0 aromatic heterocycles. The van der Waals surface area contributed by atoms with Crippen molar-refractivity contribution in [2.24, 2.45) is 0 Å². The van der Waals surface area contributed by atoms with Gasteiger partial charge in [0, 0.05) is 39.3 Å². The monoisotopic (exact) mass is 521 g/mol. The number of amides is 1. The normalized spacial score (nSPS) is 14.6. The number of nitrogens with zero attached hydrogens (tertiary/aromatic N) is 3. The number of piperazine rings is 1. The van der Waals surface area contributed by atoms with E-state index in [-0.39, 0.29) is 23.9 Å². The SMILES string of the molecule is CCOc1ccc(S(=O)(=O)N(CC(=O)N2CCN(Cc3ccccc3)CC2)Cc2ccccc2)cc1C. The van der Waals surface area contributed by atoms with Crippen molar-refractivity contribution in [2.45, 2.75) is 31.8 Å². The van der Waals surface area contributed by atoms with Gasteiger partial charge in [0.2, 0.25) is 15.9 Å². The number of carbonyl (C=O) groups is 1. The molecule has 1 amide bonds. The smallest absolute Gasteiger partial charge is 0.243 e. The van der Waals surface area contributed by atoms with Crippen LogP contribution in [0, 0.1) is 6.92 Å². The molecule has 0 spiro atoms. The molecular weight excluding hydrogens is 486 g/mol. The topological polar surface area (TPSA) is 70.2 Å². The third-order valence-corrected chi connectivity index (χ3v) is 8.36. The maximum atomic E-state index is 13.7. The van der Waals surface area contributed by atoms with E-state index in [1.807, 2.05) is 62.4 Å². The van der Waals surface area contributed by atoms with Crippen LogP contribution in [0.2, 0.25) is 0 Å². The summed E-state index contributed by atoms with van der Waals surface area (Å²) in [7, 11) is -3.92. The minimum absolute atomic E-state index is 0.120. The van der Waals surface area contributed by atoms with Crippen molar-refractivity contribution in [3.8, 4) is 5.75 Å². The van der Waals surface area contributed by atoms with Crippen LogP contribution in [0.3, 0.4) is 0 Å². The van der Waals surface area contributed by atoms with Crippen molar-refractivity contribution >= 4 is 15.9 Å². The summed E-state index contributed by atoms with van der Waals surface area (Å²) >= 11 is 0. The fraction of sp³-hybridized carbons (Fsp3) is 0.345. The fourth-order valence-corrected chi connectivity index (χ4v) is 5.97. The molecule has 1 saturated heterocycles. The van der Waals surface area contributed by atoms with Gasteiger partial charge >= 0.3 is 0 Å². The molecule has 0 unspecified atom stereocenters. The highest BCUT2D eigenvalue weighted by molar-refractivity contribution is 7.89. The number of rotatable bonds is 10. The molecule has 196 valence electrons. The molecule has 1 aliphatic heterocycles. The number of sulfonamides is 1. The van der Waals surface area contributed by atoms with Gasteiger partial charge in [-0.05, 0) is 48.7 Å². The minimum Gasteiger partial charge on any atom is -0.494 e. The van der Waals surface area contributed by atoms with Gasteiger partial charge in [-0.3, -0.25) is 9.69 Å². The Kier molecular flexibility index (Phi) is 8.97. The molecule has 1 aliphatic rings. The molecule has 37 heavy (non-hydrogen) atoms. The molecule has 7 nitrogen and oxygen atoms in total. The summed E-state index contributed by atoms with van der Waals surface area (Å²) in [5.74, 6) is 0.474. The molecule has 0 atom stereocenters.